The van der Waals surface area contributed by atoms with Crippen molar-refractivity contribution in [1.29, 1.82) is 0 Å². The first kappa shape index (κ1) is 11.7. The Morgan fingerprint density at radius 2 is 2.07 bits per heavy atom. The van der Waals surface area contributed by atoms with Gasteiger partial charge in [0.25, 0.3) is 0 Å². The lowest BCUT2D eigenvalue weighted by Gasteiger charge is -2.16. The average Bonchev–Trinajstić information content (AvgIpc) is 2.18. The van der Waals surface area contributed by atoms with Gasteiger partial charge in [-0.15, -0.1) is 0 Å². The zero-order valence-electron chi connectivity index (χ0n) is 9.58. The molecule has 0 heterocycles. The van der Waals surface area contributed by atoms with Crippen molar-refractivity contribution in [2.75, 3.05) is 25.5 Å². The number of ketones is 1. The molecule has 3 heteroatoms. The Bertz CT molecular complexity index is 359. The SMILES string of the molecule is Cc1ccc(C(=O)CCN)cc1N(C)C. The predicted molar refractivity (Wildman–Crippen MR) is 63.5 cm³/mol. The minimum Gasteiger partial charge on any atom is -0.377 e. The van der Waals surface area contributed by atoms with Crippen molar-refractivity contribution in [2.24, 2.45) is 5.73 Å². The van der Waals surface area contributed by atoms with Crippen LogP contribution in [0.3, 0.4) is 0 Å². The third-order valence-corrected chi connectivity index (χ3v) is 2.38. The van der Waals surface area contributed by atoms with E-state index in [0.29, 0.717) is 13.0 Å². The van der Waals surface area contributed by atoms with Gasteiger partial charge in [-0.1, -0.05) is 12.1 Å². The Morgan fingerprint density at radius 3 is 2.60 bits per heavy atom. The first-order chi connectivity index (χ1) is 7.06. The largest absolute Gasteiger partial charge is 0.377 e. The van der Waals surface area contributed by atoms with Crippen molar-refractivity contribution in [3.8, 4) is 0 Å². The van der Waals surface area contributed by atoms with Crippen LogP contribution in [0.2, 0.25) is 0 Å². The zero-order chi connectivity index (χ0) is 11.4. The first-order valence-corrected chi connectivity index (χ1v) is 5.07. The van der Waals surface area contributed by atoms with E-state index < -0.39 is 0 Å². The van der Waals surface area contributed by atoms with Crippen molar-refractivity contribution in [3.05, 3.63) is 29.3 Å². The second-order valence-corrected chi connectivity index (χ2v) is 3.86. The predicted octanol–water partition coefficient (Wildman–Crippen LogP) is 1.59. The van der Waals surface area contributed by atoms with Crippen molar-refractivity contribution >= 4 is 11.5 Å². The van der Waals surface area contributed by atoms with Gasteiger partial charge in [0.1, 0.15) is 0 Å². The minimum absolute atomic E-state index is 0.112. The lowest BCUT2D eigenvalue weighted by atomic mass is 10.0. The smallest absolute Gasteiger partial charge is 0.164 e. The number of anilines is 1. The van der Waals surface area contributed by atoms with E-state index in [4.69, 9.17) is 5.73 Å². The number of rotatable bonds is 4. The van der Waals surface area contributed by atoms with Gasteiger partial charge in [-0.25, -0.2) is 0 Å². The van der Waals surface area contributed by atoms with Gasteiger partial charge in [0, 0.05) is 31.8 Å². The van der Waals surface area contributed by atoms with E-state index in [9.17, 15) is 4.79 Å². The number of benzene rings is 1. The van der Waals surface area contributed by atoms with Crippen molar-refractivity contribution in [3.63, 3.8) is 0 Å². The van der Waals surface area contributed by atoms with Crippen LogP contribution in [0.1, 0.15) is 22.3 Å². The van der Waals surface area contributed by atoms with Crippen LogP contribution in [0.4, 0.5) is 5.69 Å². The maximum absolute atomic E-state index is 11.6. The van der Waals surface area contributed by atoms with Crippen molar-refractivity contribution in [1.82, 2.24) is 0 Å². The van der Waals surface area contributed by atoms with Crippen LogP contribution in [-0.4, -0.2) is 26.4 Å². The summed E-state index contributed by atoms with van der Waals surface area (Å²) in [6.45, 7) is 2.44. The van der Waals surface area contributed by atoms with Crippen LogP contribution < -0.4 is 10.6 Å². The quantitative estimate of drug-likeness (QED) is 0.761. The Labute approximate surface area is 90.9 Å². The van der Waals surface area contributed by atoms with Crippen LogP contribution in [-0.2, 0) is 0 Å². The highest BCUT2D eigenvalue weighted by Crippen LogP contribution is 2.20. The minimum atomic E-state index is 0.112. The van der Waals surface area contributed by atoms with Gasteiger partial charge in [0.2, 0.25) is 0 Å². The highest BCUT2D eigenvalue weighted by molar-refractivity contribution is 5.97. The Hall–Kier alpha value is -1.35. The van der Waals surface area contributed by atoms with Gasteiger partial charge in [-0.2, -0.15) is 0 Å². The number of nitrogens with zero attached hydrogens (tertiary/aromatic N) is 1. The molecule has 0 aliphatic carbocycles. The summed E-state index contributed by atoms with van der Waals surface area (Å²) in [7, 11) is 3.94. The monoisotopic (exact) mass is 206 g/mol. The van der Waals surface area contributed by atoms with Gasteiger partial charge in [0.15, 0.2) is 5.78 Å². The maximum atomic E-state index is 11.6. The molecule has 1 rings (SSSR count). The summed E-state index contributed by atoms with van der Waals surface area (Å²) in [5, 5.41) is 0. The van der Waals surface area contributed by atoms with Crippen LogP contribution in [0, 0.1) is 6.92 Å². The summed E-state index contributed by atoms with van der Waals surface area (Å²) in [4.78, 5) is 13.6. The van der Waals surface area contributed by atoms with E-state index in [1.807, 2.05) is 44.1 Å². The van der Waals surface area contributed by atoms with Crippen molar-refractivity contribution < 1.29 is 4.79 Å². The molecule has 0 atom stereocenters. The van der Waals surface area contributed by atoms with Gasteiger partial charge in [-0.05, 0) is 25.1 Å². The highest BCUT2D eigenvalue weighted by Gasteiger charge is 2.08. The third kappa shape index (κ3) is 2.80. The molecule has 0 aliphatic rings. The molecular weight excluding hydrogens is 188 g/mol. The molecular formula is C12H18N2O. The molecule has 3 nitrogen and oxygen atoms in total. The van der Waals surface area contributed by atoms with E-state index in [-0.39, 0.29) is 5.78 Å². The summed E-state index contributed by atoms with van der Waals surface area (Å²) >= 11 is 0. The molecule has 82 valence electrons. The number of nitrogens with two attached hydrogens (primary N) is 1. The van der Waals surface area contributed by atoms with E-state index in [0.717, 1.165) is 11.3 Å². The Kier molecular flexibility index (Phi) is 3.86. The molecule has 0 bridgehead atoms. The molecule has 0 spiro atoms. The Morgan fingerprint density at radius 1 is 1.40 bits per heavy atom. The van der Waals surface area contributed by atoms with Crippen LogP contribution in [0.25, 0.3) is 0 Å². The Balaban J connectivity index is 3.02. The van der Waals surface area contributed by atoms with Crippen molar-refractivity contribution in [2.45, 2.75) is 13.3 Å². The van der Waals surface area contributed by atoms with Gasteiger partial charge >= 0.3 is 0 Å². The third-order valence-electron chi connectivity index (χ3n) is 2.38. The summed E-state index contributed by atoms with van der Waals surface area (Å²) in [6, 6.07) is 5.76. The molecule has 0 fully saturated rings. The molecule has 0 amide bonds. The van der Waals surface area contributed by atoms with E-state index in [2.05, 4.69) is 0 Å². The molecule has 2 N–H and O–H groups in total. The summed E-state index contributed by atoms with van der Waals surface area (Å²) in [5.41, 5.74) is 8.36. The van der Waals surface area contributed by atoms with Crippen LogP contribution in [0.15, 0.2) is 18.2 Å². The number of hydrogen-bond acceptors (Lipinski definition) is 3. The number of carbonyl (C=O) groups is 1. The first-order valence-electron chi connectivity index (χ1n) is 5.07. The van der Waals surface area contributed by atoms with Crippen LogP contribution in [0.5, 0.6) is 0 Å². The van der Waals surface area contributed by atoms with Gasteiger partial charge < -0.3 is 10.6 Å². The van der Waals surface area contributed by atoms with Crippen LogP contribution >= 0.6 is 0 Å². The van der Waals surface area contributed by atoms with E-state index in [1.165, 1.54) is 5.56 Å². The standard InChI is InChI=1S/C12H18N2O/c1-9-4-5-10(12(15)6-7-13)8-11(9)14(2)3/h4-5,8H,6-7,13H2,1-3H3. The topological polar surface area (TPSA) is 46.3 Å². The van der Waals surface area contributed by atoms with E-state index >= 15 is 0 Å². The molecule has 15 heavy (non-hydrogen) atoms. The molecule has 0 aromatic heterocycles. The van der Waals surface area contributed by atoms with Gasteiger partial charge in [-0.3, -0.25) is 4.79 Å². The second-order valence-electron chi connectivity index (χ2n) is 3.86. The van der Waals surface area contributed by atoms with Gasteiger partial charge in [0.05, 0.1) is 0 Å². The number of hydrogen-bond donors (Lipinski definition) is 1. The molecule has 0 saturated heterocycles. The molecule has 1 aromatic rings. The number of aryl methyl sites for hydroxylation is 1. The molecule has 0 unspecified atom stereocenters. The molecule has 0 saturated carbocycles. The summed E-state index contributed by atoms with van der Waals surface area (Å²) < 4.78 is 0. The number of carbonyl (C=O) groups excluding carboxylic acids is 1. The highest BCUT2D eigenvalue weighted by atomic mass is 16.1. The summed E-state index contributed by atoms with van der Waals surface area (Å²) in [5.74, 6) is 0.112. The fourth-order valence-corrected chi connectivity index (χ4v) is 1.54. The fourth-order valence-electron chi connectivity index (χ4n) is 1.54. The maximum Gasteiger partial charge on any atom is 0.164 e. The molecule has 1 aromatic carbocycles. The zero-order valence-corrected chi connectivity index (χ0v) is 9.58. The average molecular weight is 206 g/mol. The van der Waals surface area contributed by atoms with E-state index in [1.54, 1.807) is 0 Å². The fraction of sp³-hybridized carbons (Fsp3) is 0.417. The lowest BCUT2D eigenvalue weighted by Crippen LogP contribution is -2.13. The second kappa shape index (κ2) is 4.94. The lowest BCUT2D eigenvalue weighted by molar-refractivity contribution is 0.0985. The summed E-state index contributed by atoms with van der Waals surface area (Å²) in [6.07, 6.45) is 0.413. The molecule has 0 radical (unpaired) electrons. The molecule has 0 aliphatic heterocycles. The normalized spacial score (nSPS) is 10.1. The number of Topliss-reactive ketones (excluding diaryl/α,β-unsaturated/α-hetero) is 1.